The SMILES string of the molecule is COc1ccc(S(=O)(=O)NC(CN)CC(C)C)c(Br)c1.Cl. The van der Waals surface area contributed by atoms with E-state index in [2.05, 4.69) is 20.7 Å². The second kappa shape index (κ2) is 8.95. The molecule has 21 heavy (non-hydrogen) atoms. The zero-order valence-electron chi connectivity index (χ0n) is 12.3. The lowest BCUT2D eigenvalue weighted by molar-refractivity contribution is 0.414. The quantitative estimate of drug-likeness (QED) is 0.735. The highest BCUT2D eigenvalue weighted by molar-refractivity contribution is 9.10. The standard InChI is InChI=1S/C13H21BrN2O3S.ClH/c1-9(2)6-10(8-15)16-20(17,18)13-5-4-11(19-3)7-12(13)14;/h4-5,7,9-10,16H,6,8,15H2,1-3H3;1H. The lowest BCUT2D eigenvalue weighted by atomic mass is 10.1. The molecule has 8 heteroatoms. The third kappa shape index (κ3) is 6.12. The molecule has 1 atom stereocenters. The molecule has 1 unspecified atom stereocenters. The summed E-state index contributed by atoms with van der Waals surface area (Å²) in [5.41, 5.74) is 5.63. The maximum absolute atomic E-state index is 12.4. The van der Waals surface area contributed by atoms with Crippen molar-refractivity contribution in [2.24, 2.45) is 11.7 Å². The Kier molecular flexibility index (Phi) is 8.80. The number of ether oxygens (including phenoxy) is 1. The summed E-state index contributed by atoms with van der Waals surface area (Å²) in [6.07, 6.45) is 0.698. The Morgan fingerprint density at radius 1 is 1.38 bits per heavy atom. The molecule has 1 aromatic carbocycles. The number of hydrogen-bond donors (Lipinski definition) is 2. The van der Waals surface area contributed by atoms with Crippen molar-refractivity contribution in [2.75, 3.05) is 13.7 Å². The summed E-state index contributed by atoms with van der Waals surface area (Å²) in [5, 5.41) is 0. The average Bonchev–Trinajstić information content (AvgIpc) is 2.36. The third-order valence-electron chi connectivity index (χ3n) is 2.79. The van der Waals surface area contributed by atoms with Gasteiger partial charge in [0.15, 0.2) is 0 Å². The molecule has 5 nitrogen and oxygen atoms in total. The molecule has 0 bridgehead atoms. The monoisotopic (exact) mass is 400 g/mol. The van der Waals surface area contributed by atoms with Crippen LogP contribution in [0.25, 0.3) is 0 Å². The van der Waals surface area contributed by atoms with E-state index < -0.39 is 10.0 Å². The predicted molar refractivity (Wildman–Crippen MR) is 90.6 cm³/mol. The number of benzene rings is 1. The number of rotatable bonds is 7. The van der Waals surface area contributed by atoms with Gasteiger partial charge in [-0.1, -0.05) is 13.8 Å². The van der Waals surface area contributed by atoms with Gasteiger partial charge in [-0.2, -0.15) is 0 Å². The van der Waals surface area contributed by atoms with Gasteiger partial charge in [0.05, 0.1) is 12.0 Å². The molecule has 0 aromatic heterocycles. The molecule has 0 saturated carbocycles. The maximum atomic E-state index is 12.4. The lowest BCUT2D eigenvalue weighted by Gasteiger charge is -2.19. The molecule has 0 aliphatic heterocycles. The van der Waals surface area contributed by atoms with Crippen molar-refractivity contribution in [1.82, 2.24) is 4.72 Å². The first kappa shape index (κ1) is 20.7. The summed E-state index contributed by atoms with van der Waals surface area (Å²) >= 11 is 3.26. The van der Waals surface area contributed by atoms with Crippen LogP contribution in [0, 0.1) is 5.92 Å². The second-order valence-electron chi connectivity index (χ2n) is 4.98. The van der Waals surface area contributed by atoms with E-state index in [1.54, 1.807) is 12.1 Å². The van der Waals surface area contributed by atoms with E-state index in [1.165, 1.54) is 13.2 Å². The number of sulfonamides is 1. The molecule has 0 saturated heterocycles. The Morgan fingerprint density at radius 2 is 2.00 bits per heavy atom. The fourth-order valence-electron chi connectivity index (χ4n) is 1.87. The van der Waals surface area contributed by atoms with Crippen molar-refractivity contribution in [3.8, 4) is 5.75 Å². The summed E-state index contributed by atoms with van der Waals surface area (Å²) in [6.45, 7) is 4.33. The van der Waals surface area contributed by atoms with Crippen molar-refractivity contribution in [3.63, 3.8) is 0 Å². The molecular weight excluding hydrogens is 380 g/mol. The van der Waals surface area contributed by atoms with E-state index in [9.17, 15) is 8.42 Å². The zero-order chi connectivity index (χ0) is 15.3. The van der Waals surface area contributed by atoms with Gasteiger partial charge in [-0.3, -0.25) is 0 Å². The summed E-state index contributed by atoms with van der Waals surface area (Å²) in [4.78, 5) is 0.181. The fraction of sp³-hybridized carbons (Fsp3) is 0.538. The number of nitrogens with two attached hydrogens (primary N) is 1. The number of nitrogens with one attached hydrogen (secondary N) is 1. The first-order valence-corrected chi connectivity index (χ1v) is 8.63. The average molecular weight is 402 g/mol. The third-order valence-corrected chi connectivity index (χ3v) is 5.29. The van der Waals surface area contributed by atoms with Crippen LogP contribution >= 0.6 is 28.3 Å². The number of halogens is 2. The van der Waals surface area contributed by atoms with Gasteiger partial charge >= 0.3 is 0 Å². The molecular formula is C13H22BrClN2O3S. The van der Waals surface area contributed by atoms with Gasteiger partial charge in [0.25, 0.3) is 0 Å². The van der Waals surface area contributed by atoms with Gasteiger partial charge in [0.1, 0.15) is 5.75 Å². The highest BCUT2D eigenvalue weighted by Crippen LogP contribution is 2.26. The smallest absolute Gasteiger partial charge is 0.241 e. The van der Waals surface area contributed by atoms with Gasteiger partial charge in [0.2, 0.25) is 10.0 Å². The van der Waals surface area contributed by atoms with Crippen LogP contribution in [0.1, 0.15) is 20.3 Å². The van der Waals surface area contributed by atoms with E-state index in [4.69, 9.17) is 10.5 Å². The summed E-state index contributed by atoms with van der Waals surface area (Å²) in [7, 11) is -2.08. The van der Waals surface area contributed by atoms with E-state index in [1.807, 2.05) is 13.8 Å². The molecule has 1 aromatic rings. The van der Waals surface area contributed by atoms with Gasteiger partial charge < -0.3 is 10.5 Å². The molecule has 3 N–H and O–H groups in total. The molecule has 0 aliphatic rings. The van der Waals surface area contributed by atoms with Crippen LogP contribution in [-0.4, -0.2) is 28.1 Å². The van der Waals surface area contributed by atoms with Crippen LogP contribution in [0.2, 0.25) is 0 Å². The highest BCUT2D eigenvalue weighted by atomic mass is 79.9. The minimum atomic E-state index is -3.61. The first-order chi connectivity index (χ1) is 9.30. The van der Waals surface area contributed by atoms with Crippen LogP contribution < -0.4 is 15.2 Å². The number of hydrogen-bond acceptors (Lipinski definition) is 4. The Hall–Kier alpha value is -0.340. The van der Waals surface area contributed by atoms with Crippen molar-refractivity contribution < 1.29 is 13.2 Å². The van der Waals surface area contributed by atoms with Crippen molar-refractivity contribution in [3.05, 3.63) is 22.7 Å². The van der Waals surface area contributed by atoms with E-state index >= 15 is 0 Å². The zero-order valence-corrected chi connectivity index (χ0v) is 15.5. The van der Waals surface area contributed by atoms with Crippen molar-refractivity contribution >= 4 is 38.4 Å². The molecule has 1 rings (SSSR count). The van der Waals surface area contributed by atoms with Crippen LogP contribution in [0.5, 0.6) is 5.75 Å². The topological polar surface area (TPSA) is 81.4 Å². The van der Waals surface area contributed by atoms with Gasteiger partial charge in [-0.15, -0.1) is 12.4 Å². The summed E-state index contributed by atoms with van der Waals surface area (Å²) in [5.74, 6) is 0.957. The maximum Gasteiger partial charge on any atom is 0.241 e. The normalized spacial score (nSPS) is 12.9. The molecule has 122 valence electrons. The molecule has 0 radical (unpaired) electrons. The summed E-state index contributed by atoms with van der Waals surface area (Å²) < 4.78 is 32.9. The van der Waals surface area contributed by atoms with Crippen LogP contribution in [-0.2, 0) is 10.0 Å². The number of methoxy groups -OCH3 is 1. The lowest BCUT2D eigenvalue weighted by Crippen LogP contribution is -2.41. The fourth-order valence-corrected chi connectivity index (χ4v) is 4.19. The Balaban J connectivity index is 0.00000400. The Labute approximate surface area is 141 Å². The Bertz CT molecular complexity index is 552. The van der Waals surface area contributed by atoms with Crippen LogP contribution in [0.15, 0.2) is 27.6 Å². The molecule has 0 amide bonds. The van der Waals surface area contributed by atoms with Gasteiger partial charge in [-0.25, -0.2) is 13.1 Å². The largest absolute Gasteiger partial charge is 0.497 e. The second-order valence-corrected chi connectivity index (χ2v) is 7.52. The summed E-state index contributed by atoms with van der Waals surface area (Å²) in [6, 6.07) is 4.47. The van der Waals surface area contributed by atoms with E-state index in [0.717, 1.165) is 0 Å². The van der Waals surface area contributed by atoms with Gasteiger partial charge in [0, 0.05) is 17.1 Å². The first-order valence-electron chi connectivity index (χ1n) is 6.36. The van der Waals surface area contributed by atoms with Crippen LogP contribution in [0.3, 0.4) is 0 Å². The molecule has 0 spiro atoms. The molecule has 0 fully saturated rings. The van der Waals surface area contributed by atoms with Crippen molar-refractivity contribution in [2.45, 2.75) is 31.2 Å². The van der Waals surface area contributed by atoms with Gasteiger partial charge in [-0.05, 0) is 46.5 Å². The molecule has 0 heterocycles. The predicted octanol–water partition coefficient (Wildman–Crippen LogP) is 2.53. The van der Waals surface area contributed by atoms with E-state index in [0.29, 0.717) is 22.6 Å². The van der Waals surface area contributed by atoms with Crippen molar-refractivity contribution in [1.29, 1.82) is 0 Å². The minimum Gasteiger partial charge on any atom is -0.497 e. The molecule has 0 aliphatic carbocycles. The highest BCUT2D eigenvalue weighted by Gasteiger charge is 2.22. The Morgan fingerprint density at radius 3 is 2.43 bits per heavy atom. The van der Waals surface area contributed by atoms with Crippen LogP contribution in [0.4, 0.5) is 0 Å². The minimum absolute atomic E-state index is 0. The van der Waals surface area contributed by atoms with E-state index in [-0.39, 0.29) is 29.9 Å².